The van der Waals surface area contributed by atoms with Crippen molar-refractivity contribution in [1.82, 2.24) is 5.32 Å². The van der Waals surface area contributed by atoms with E-state index in [1.807, 2.05) is 38.1 Å². The predicted octanol–water partition coefficient (Wildman–Crippen LogP) is 2.81. The monoisotopic (exact) mass is 347 g/mol. The van der Waals surface area contributed by atoms with Crippen molar-refractivity contribution in [2.24, 2.45) is 0 Å². The van der Waals surface area contributed by atoms with Crippen molar-refractivity contribution in [3.63, 3.8) is 0 Å². The van der Waals surface area contributed by atoms with Crippen LogP contribution in [0.3, 0.4) is 0 Å². The SMILES string of the molecule is CC(C)Oc1ccc(CNC(=O)c2cccc(S(C)(=O)=O)c2)cc1. The molecular weight excluding hydrogens is 326 g/mol. The van der Waals surface area contributed by atoms with E-state index in [1.165, 1.54) is 12.1 Å². The lowest BCUT2D eigenvalue weighted by molar-refractivity contribution is 0.0950. The van der Waals surface area contributed by atoms with Gasteiger partial charge in [0.05, 0.1) is 11.0 Å². The Bertz CT molecular complexity index is 811. The Balaban J connectivity index is 2.00. The first-order valence-electron chi connectivity index (χ1n) is 7.59. The number of amides is 1. The molecule has 5 nitrogen and oxygen atoms in total. The van der Waals surface area contributed by atoms with Crippen LogP contribution in [0.25, 0.3) is 0 Å². The second-order valence-electron chi connectivity index (χ2n) is 5.79. The zero-order valence-electron chi connectivity index (χ0n) is 13.9. The molecule has 0 fully saturated rings. The molecular formula is C18H21NO4S. The number of rotatable bonds is 6. The minimum Gasteiger partial charge on any atom is -0.491 e. The van der Waals surface area contributed by atoms with Gasteiger partial charge in [-0.15, -0.1) is 0 Å². The van der Waals surface area contributed by atoms with Gasteiger partial charge in [-0.2, -0.15) is 0 Å². The van der Waals surface area contributed by atoms with Gasteiger partial charge < -0.3 is 10.1 Å². The molecule has 0 aliphatic heterocycles. The predicted molar refractivity (Wildman–Crippen MR) is 92.9 cm³/mol. The van der Waals surface area contributed by atoms with Crippen LogP contribution in [-0.2, 0) is 16.4 Å². The number of carbonyl (C=O) groups is 1. The maximum atomic E-state index is 12.2. The van der Waals surface area contributed by atoms with Crippen LogP contribution in [0.2, 0.25) is 0 Å². The fourth-order valence-corrected chi connectivity index (χ4v) is 2.78. The zero-order chi connectivity index (χ0) is 17.7. The third-order valence-electron chi connectivity index (χ3n) is 3.27. The average molecular weight is 347 g/mol. The number of ether oxygens (including phenoxy) is 1. The summed E-state index contributed by atoms with van der Waals surface area (Å²) in [7, 11) is -3.33. The highest BCUT2D eigenvalue weighted by atomic mass is 32.2. The third-order valence-corrected chi connectivity index (χ3v) is 4.38. The van der Waals surface area contributed by atoms with E-state index in [1.54, 1.807) is 12.1 Å². The molecule has 1 amide bonds. The standard InChI is InChI=1S/C18H21NO4S/c1-13(2)23-16-9-7-14(8-10-16)12-19-18(20)15-5-4-6-17(11-15)24(3,21)22/h4-11,13H,12H2,1-3H3,(H,19,20). The Labute approximate surface area is 142 Å². The molecule has 0 aliphatic rings. The van der Waals surface area contributed by atoms with Crippen LogP contribution < -0.4 is 10.1 Å². The number of nitrogens with one attached hydrogen (secondary N) is 1. The van der Waals surface area contributed by atoms with Crippen molar-refractivity contribution < 1.29 is 17.9 Å². The molecule has 0 saturated carbocycles. The smallest absolute Gasteiger partial charge is 0.251 e. The summed E-state index contributed by atoms with van der Waals surface area (Å²) in [6.45, 7) is 4.27. The molecule has 0 radical (unpaired) electrons. The summed E-state index contributed by atoms with van der Waals surface area (Å²) in [5.41, 5.74) is 1.25. The average Bonchev–Trinajstić information content (AvgIpc) is 2.53. The van der Waals surface area contributed by atoms with Gasteiger partial charge in [0, 0.05) is 18.4 Å². The topological polar surface area (TPSA) is 72.5 Å². The van der Waals surface area contributed by atoms with Crippen molar-refractivity contribution in [2.75, 3.05) is 6.26 Å². The number of sulfone groups is 1. The lowest BCUT2D eigenvalue weighted by Crippen LogP contribution is -2.23. The van der Waals surface area contributed by atoms with Gasteiger partial charge in [0.2, 0.25) is 0 Å². The molecule has 0 spiro atoms. The molecule has 0 aliphatic carbocycles. The number of hydrogen-bond donors (Lipinski definition) is 1. The molecule has 0 atom stereocenters. The highest BCUT2D eigenvalue weighted by Crippen LogP contribution is 2.14. The number of benzene rings is 2. The fourth-order valence-electron chi connectivity index (χ4n) is 2.11. The Morgan fingerprint density at radius 3 is 2.38 bits per heavy atom. The Hall–Kier alpha value is -2.34. The van der Waals surface area contributed by atoms with E-state index in [9.17, 15) is 13.2 Å². The summed E-state index contributed by atoms with van der Waals surface area (Å²) in [5, 5.41) is 2.78. The normalized spacial score (nSPS) is 11.3. The highest BCUT2D eigenvalue weighted by Gasteiger charge is 2.11. The summed E-state index contributed by atoms with van der Waals surface area (Å²) < 4.78 is 28.7. The number of carbonyl (C=O) groups excluding carboxylic acids is 1. The Kier molecular flexibility index (Phi) is 5.62. The molecule has 2 aromatic rings. The molecule has 0 aromatic heterocycles. The Morgan fingerprint density at radius 2 is 1.79 bits per heavy atom. The number of hydrogen-bond acceptors (Lipinski definition) is 4. The third kappa shape index (κ3) is 5.09. The second kappa shape index (κ2) is 7.49. The first-order valence-corrected chi connectivity index (χ1v) is 9.49. The first-order chi connectivity index (χ1) is 11.3. The lowest BCUT2D eigenvalue weighted by Gasteiger charge is -2.10. The maximum Gasteiger partial charge on any atom is 0.251 e. The summed E-state index contributed by atoms with van der Waals surface area (Å²) >= 11 is 0. The second-order valence-corrected chi connectivity index (χ2v) is 7.81. The Morgan fingerprint density at radius 1 is 1.12 bits per heavy atom. The molecule has 0 saturated heterocycles. The van der Waals surface area contributed by atoms with Crippen molar-refractivity contribution in [3.8, 4) is 5.75 Å². The van der Waals surface area contributed by atoms with Crippen LogP contribution in [0, 0.1) is 0 Å². The van der Waals surface area contributed by atoms with E-state index in [2.05, 4.69) is 5.32 Å². The quantitative estimate of drug-likeness (QED) is 0.872. The molecule has 2 aromatic carbocycles. The van der Waals surface area contributed by atoms with Crippen LogP contribution in [0.4, 0.5) is 0 Å². The fraction of sp³-hybridized carbons (Fsp3) is 0.278. The zero-order valence-corrected chi connectivity index (χ0v) is 14.8. The summed E-state index contributed by atoms with van der Waals surface area (Å²) in [6, 6.07) is 13.5. The van der Waals surface area contributed by atoms with Gasteiger partial charge in [-0.1, -0.05) is 18.2 Å². The van der Waals surface area contributed by atoms with E-state index in [0.29, 0.717) is 12.1 Å². The molecule has 0 heterocycles. The lowest BCUT2D eigenvalue weighted by atomic mass is 10.2. The molecule has 6 heteroatoms. The largest absolute Gasteiger partial charge is 0.491 e. The molecule has 2 rings (SSSR count). The van der Waals surface area contributed by atoms with Gasteiger partial charge in [0.25, 0.3) is 5.91 Å². The van der Waals surface area contributed by atoms with E-state index in [4.69, 9.17) is 4.74 Å². The van der Waals surface area contributed by atoms with Gasteiger partial charge in [0.15, 0.2) is 9.84 Å². The molecule has 0 unspecified atom stereocenters. The van der Waals surface area contributed by atoms with Crippen LogP contribution >= 0.6 is 0 Å². The van der Waals surface area contributed by atoms with Gasteiger partial charge in [-0.25, -0.2) is 8.42 Å². The van der Waals surface area contributed by atoms with Gasteiger partial charge in [-0.05, 0) is 49.7 Å². The van der Waals surface area contributed by atoms with Crippen LogP contribution in [-0.4, -0.2) is 26.7 Å². The minimum absolute atomic E-state index is 0.109. The summed E-state index contributed by atoms with van der Waals surface area (Å²) in [5.74, 6) is 0.462. The molecule has 128 valence electrons. The minimum atomic E-state index is -3.33. The van der Waals surface area contributed by atoms with E-state index in [0.717, 1.165) is 17.6 Å². The van der Waals surface area contributed by atoms with Crippen molar-refractivity contribution in [1.29, 1.82) is 0 Å². The molecule has 24 heavy (non-hydrogen) atoms. The van der Waals surface area contributed by atoms with Gasteiger partial charge in [0.1, 0.15) is 5.75 Å². The van der Waals surface area contributed by atoms with Crippen molar-refractivity contribution in [3.05, 3.63) is 59.7 Å². The molecule has 1 N–H and O–H groups in total. The van der Waals surface area contributed by atoms with Gasteiger partial charge >= 0.3 is 0 Å². The van der Waals surface area contributed by atoms with Gasteiger partial charge in [-0.3, -0.25) is 4.79 Å². The summed E-state index contributed by atoms with van der Waals surface area (Å²) in [6.07, 6.45) is 1.22. The van der Waals surface area contributed by atoms with E-state index < -0.39 is 9.84 Å². The van der Waals surface area contributed by atoms with Crippen molar-refractivity contribution in [2.45, 2.75) is 31.4 Å². The first kappa shape index (κ1) is 18.0. The van der Waals surface area contributed by atoms with Crippen molar-refractivity contribution >= 4 is 15.7 Å². The highest BCUT2D eigenvalue weighted by molar-refractivity contribution is 7.90. The maximum absolute atomic E-state index is 12.2. The molecule has 0 bridgehead atoms. The van der Waals surface area contributed by atoms with E-state index >= 15 is 0 Å². The van der Waals surface area contributed by atoms with E-state index in [-0.39, 0.29) is 16.9 Å². The van der Waals surface area contributed by atoms with Crippen LogP contribution in [0.5, 0.6) is 5.75 Å². The van der Waals surface area contributed by atoms with Crippen LogP contribution in [0.1, 0.15) is 29.8 Å². The summed E-state index contributed by atoms with van der Waals surface area (Å²) in [4.78, 5) is 12.3. The van der Waals surface area contributed by atoms with Crippen LogP contribution in [0.15, 0.2) is 53.4 Å².